The summed E-state index contributed by atoms with van der Waals surface area (Å²) < 4.78 is 4.91. The highest BCUT2D eigenvalue weighted by molar-refractivity contribution is 5.78. The lowest BCUT2D eigenvalue weighted by molar-refractivity contribution is -0.119. The first-order valence-electron chi connectivity index (χ1n) is 5.79. The van der Waals surface area contributed by atoms with Gasteiger partial charge in [0.1, 0.15) is 11.9 Å². The van der Waals surface area contributed by atoms with Crippen LogP contribution < -0.4 is 5.32 Å². The molecule has 0 heterocycles. The average molecular weight is 239 g/mol. The van der Waals surface area contributed by atoms with Gasteiger partial charge in [-0.25, -0.2) is 4.79 Å². The molecule has 1 N–H and O–H groups in total. The third kappa shape index (κ3) is 9.35. The van der Waals surface area contributed by atoms with Crippen molar-refractivity contribution in [2.45, 2.75) is 38.7 Å². The normalized spacial score (nSPS) is 11.4. The molecule has 1 atom stereocenters. The second-order valence-electron chi connectivity index (χ2n) is 3.74. The van der Waals surface area contributed by atoms with Crippen molar-refractivity contribution in [3.63, 3.8) is 0 Å². The van der Waals surface area contributed by atoms with Crippen LogP contribution in [0.2, 0.25) is 0 Å². The number of carbonyl (C=O) groups is 2. The van der Waals surface area contributed by atoms with Crippen molar-refractivity contribution in [3.05, 3.63) is 25.3 Å². The van der Waals surface area contributed by atoms with Crippen LogP contribution in [0.4, 0.5) is 4.79 Å². The average Bonchev–Trinajstić information content (AvgIpc) is 2.31. The molecule has 0 bridgehead atoms. The van der Waals surface area contributed by atoms with Crippen molar-refractivity contribution in [1.82, 2.24) is 5.32 Å². The van der Waals surface area contributed by atoms with Crippen LogP contribution >= 0.6 is 0 Å². The molecular formula is C13H21NO3. The summed E-state index contributed by atoms with van der Waals surface area (Å²) in [5, 5.41) is 2.58. The van der Waals surface area contributed by atoms with Crippen LogP contribution in [0.15, 0.2) is 25.3 Å². The summed E-state index contributed by atoms with van der Waals surface area (Å²) in [6, 6.07) is 0. The van der Waals surface area contributed by atoms with Crippen molar-refractivity contribution in [3.8, 4) is 0 Å². The molecule has 1 unspecified atom stereocenters. The molecule has 0 aliphatic carbocycles. The lowest BCUT2D eigenvalue weighted by atomic mass is 10.1. The van der Waals surface area contributed by atoms with Gasteiger partial charge < -0.3 is 10.1 Å². The van der Waals surface area contributed by atoms with E-state index in [1.807, 2.05) is 0 Å². The summed E-state index contributed by atoms with van der Waals surface area (Å²) in [6.45, 7) is 9.23. The van der Waals surface area contributed by atoms with Crippen molar-refractivity contribution in [2.75, 3.05) is 6.54 Å². The van der Waals surface area contributed by atoms with E-state index in [4.69, 9.17) is 4.74 Å². The predicted molar refractivity (Wildman–Crippen MR) is 67.8 cm³/mol. The maximum Gasteiger partial charge on any atom is 0.407 e. The molecular weight excluding hydrogens is 218 g/mol. The molecule has 0 fully saturated rings. The molecule has 4 nitrogen and oxygen atoms in total. The lowest BCUT2D eigenvalue weighted by Gasteiger charge is -2.09. The molecule has 0 saturated carbocycles. The smallest absolute Gasteiger partial charge is 0.407 e. The summed E-state index contributed by atoms with van der Waals surface area (Å²) >= 11 is 0. The topological polar surface area (TPSA) is 55.4 Å². The number of rotatable bonds is 9. The summed E-state index contributed by atoms with van der Waals surface area (Å²) in [5.74, 6) is 0.194. The first-order chi connectivity index (χ1) is 8.10. The zero-order chi connectivity index (χ0) is 13.1. The Kier molecular flexibility index (Phi) is 8.74. The summed E-state index contributed by atoms with van der Waals surface area (Å²) in [6.07, 6.45) is 4.84. The lowest BCUT2D eigenvalue weighted by Crippen LogP contribution is -2.28. The van der Waals surface area contributed by atoms with Gasteiger partial charge in [0.05, 0.1) is 0 Å². The maximum absolute atomic E-state index is 11.3. The highest BCUT2D eigenvalue weighted by Gasteiger charge is 2.05. The Morgan fingerprint density at radius 3 is 2.65 bits per heavy atom. The maximum atomic E-state index is 11.3. The van der Waals surface area contributed by atoms with E-state index in [9.17, 15) is 9.59 Å². The molecule has 96 valence electrons. The van der Waals surface area contributed by atoms with E-state index in [1.54, 1.807) is 19.1 Å². The van der Waals surface area contributed by atoms with E-state index in [2.05, 4.69) is 18.5 Å². The van der Waals surface area contributed by atoms with Crippen molar-refractivity contribution >= 4 is 11.9 Å². The highest BCUT2D eigenvalue weighted by Crippen LogP contribution is 1.99. The van der Waals surface area contributed by atoms with E-state index in [0.29, 0.717) is 32.2 Å². The SMILES string of the molecule is C=CCCC(=O)CCCNC(=O)OC(C)C=C. The Labute approximate surface area is 103 Å². The van der Waals surface area contributed by atoms with E-state index >= 15 is 0 Å². The van der Waals surface area contributed by atoms with E-state index in [-0.39, 0.29) is 11.9 Å². The van der Waals surface area contributed by atoms with Gasteiger partial charge in [0.15, 0.2) is 0 Å². The van der Waals surface area contributed by atoms with E-state index in [0.717, 1.165) is 0 Å². The number of ether oxygens (including phenoxy) is 1. The molecule has 0 aromatic carbocycles. The van der Waals surface area contributed by atoms with Crippen LogP contribution in [-0.2, 0) is 9.53 Å². The van der Waals surface area contributed by atoms with Crippen molar-refractivity contribution < 1.29 is 14.3 Å². The monoisotopic (exact) mass is 239 g/mol. The number of nitrogens with one attached hydrogen (secondary N) is 1. The molecule has 0 spiro atoms. The fourth-order valence-corrected chi connectivity index (χ4v) is 1.12. The second-order valence-corrected chi connectivity index (χ2v) is 3.74. The van der Waals surface area contributed by atoms with Gasteiger partial charge in [0.25, 0.3) is 0 Å². The van der Waals surface area contributed by atoms with Crippen molar-refractivity contribution in [2.24, 2.45) is 0 Å². The number of carbonyl (C=O) groups excluding carboxylic acids is 2. The van der Waals surface area contributed by atoms with E-state index < -0.39 is 6.09 Å². The summed E-state index contributed by atoms with van der Waals surface area (Å²) in [5.41, 5.74) is 0. The first kappa shape index (κ1) is 15.4. The Morgan fingerprint density at radius 1 is 1.35 bits per heavy atom. The molecule has 4 heteroatoms. The zero-order valence-electron chi connectivity index (χ0n) is 10.4. The van der Waals surface area contributed by atoms with Gasteiger partial charge in [-0.3, -0.25) is 4.79 Å². The number of amides is 1. The Balaban J connectivity index is 3.50. The first-order valence-corrected chi connectivity index (χ1v) is 5.79. The molecule has 0 rings (SSSR count). The van der Waals surface area contributed by atoms with Crippen LogP contribution in [0, 0.1) is 0 Å². The van der Waals surface area contributed by atoms with Gasteiger partial charge >= 0.3 is 6.09 Å². The number of ketones is 1. The van der Waals surface area contributed by atoms with Crippen LogP contribution in [0.5, 0.6) is 0 Å². The van der Waals surface area contributed by atoms with Crippen LogP contribution in [0.25, 0.3) is 0 Å². The molecule has 0 aromatic heterocycles. The molecule has 17 heavy (non-hydrogen) atoms. The molecule has 1 amide bonds. The van der Waals surface area contributed by atoms with Crippen LogP contribution in [-0.4, -0.2) is 24.5 Å². The number of Topliss-reactive ketones (excluding diaryl/α,β-unsaturated/α-hetero) is 1. The fraction of sp³-hybridized carbons (Fsp3) is 0.538. The molecule has 0 saturated heterocycles. The number of alkyl carbamates (subject to hydrolysis) is 1. The highest BCUT2D eigenvalue weighted by atomic mass is 16.6. The fourth-order valence-electron chi connectivity index (χ4n) is 1.12. The zero-order valence-corrected chi connectivity index (χ0v) is 10.4. The quantitative estimate of drug-likeness (QED) is 0.497. The third-order valence-electron chi connectivity index (χ3n) is 2.15. The van der Waals surface area contributed by atoms with Gasteiger partial charge in [-0.2, -0.15) is 0 Å². The van der Waals surface area contributed by atoms with Gasteiger partial charge in [-0.15, -0.1) is 6.58 Å². The number of allylic oxidation sites excluding steroid dienone is 1. The number of hydrogen-bond acceptors (Lipinski definition) is 3. The largest absolute Gasteiger partial charge is 0.442 e. The van der Waals surface area contributed by atoms with Gasteiger partial charge in [0.2, 0.25) is 0 Å². The molecule has 0 aliphatic heterocycles. The van der Waals surface area contributed by atoms with Gasteiger partial charge in [0, 0.05) is 19.4 Å². The van der Waals surface area contributed by atoms with Crippen molar-refractivity contribution in [1.29, 1.82) is 0 Å². The minimum absolute atomic E-state index is 0.194. The summed E-state index contributed by atoms with van der Waals surface area (Å²) in [4.78, 5) is 22.4. The van der Waals surface area contributed by atoms with E-state index in [1.165, 1.54) is 0 Å². The van der Waals surface area contributed by atoms with Gasteiger partial charge in [-0.05, 0) is 19.8 Å². The molecule has 0 radical (unpaired) electrons. The van der Waals surface area contributed by atoms with Crippen LogP contribution in [0.1, 0.15) is 32.6 Å². The minimum atomic E-state index is -0.476. The second kappa shape index (κ2) is 9.63. The Morgan fingerprint density at radius 2 is 2.06 bits per heavy atom. The Hall–Kier alpha value is -1.58. The third-order valence-corrected chi connectivity index (χ3v) is 2.15. The van der Waals surface area contributed by atoms with Crippen LogP contribution in [0.3, 0.4) is 0 Å². The molecule has 0 aromatic rings. The van der Waals surface area contributed by atoms with Gasteiger partial charge in [-0.1, -0.05) is 18.7 Å². The minimum Gasteiger partial charge on any atom is -0.442 e. The summed E-state index contributed by atoms with van der Waals surface area (Å²) in [7, 11) is 0. The Bertz CT molecular complexity index is 274. The predicted octanol–water partition coefficient (Wildman–Crippen LogP) is 2.60. The number of hydrogen-bond donors (Lipinski definition) is 1. The molecule has 0 aliphatic rings. The standard InChI is InChI=1S/C13H21NO3/c1-4-6-8-12(15)9-7-10-14-13(16)17-11(3)5-2/h4-5,11H,1-2,6-10H2,3H3,(H,14,16).